The molecule has 1 saturated carbocycles. The first-order valence-corrected chi connectivity index (χ1v) is 11.2. The number of sulfonamides is 1. The maximum absolute atomic E-state index is 13.9. The van der Waals surface area contributed by atoms with Crippen LogP contribution in [0.25, 0.3) is 10.8 Å². The van der Waals surface area contributed by atoms with Gasteiger partial charge in [-0.3, -0.25) is 9.78 Å². The highest BCUT2D eigenvalue weighted by Gasteiger charge is 2.43. The van der Waals surface area contributed by atoms with Gasteiger partial charge in [0.1, 0.15) is 11.6 Å². The van der Waals surface area contributed by atoms with Crippen molar-refractivity contribution in [2.45, 2.75) is 31.1 Å². The topological polar surface area (TPSA) is 102 Å². The van der Waals surface area contributed by atoms with Gasteiger partial charge in [-0.05, 0) is 41.7 Å². The summed E-state index contributed by atoms with van der Waals surface area (Å²) in [6.45, 7) is 0.405. The number of hydrogen-bond donors (Lipinski definition) is 2. The molecule has 1 aliphatic carbocycles. The summed E-state index contributed by atoms with van der Waals surface area (Å²) in [5.41, 5.74) is 7.06. The Morgan fingerprint density at radius 3 is 2.61 bits per heavy atom. The van der Waals surface area contributed by atoms with Crippen LogP contribution in [-0.2, 0) is 21.2 Å². The van der Waals surface area contributed by atoms with E-state index in [1.807, 2.05) is 6.07 Å². The molecule has 0 saturated heterocycles. The second-order valence-electron chi connectivity index (χ2n) is 7.52. The van der Waals surface area contributed by atoms with E-state index in [-0.39, 0.29) is 49.5 Å². The van der Waals surface area contributed by atoms with Crippen molar-refractivity contribution in [2.24, 2.45) is 11.7 Å². The van der Waals surface area contributed by atoms with Crippen LogP contribution >= 0.6 is 0 Å². The first kappa shape index (κ1) is 23.0. The van der Waals surface area contributed by atoms with Gasteiger partial charge in [-0.2, -0.15) is 0 Å². The van der Waals surface area contributed by atoms with Crippen molar-refractivity contribution in [3.63, 3.8) is 0 Å². The number of carbonyl (C=O) groups excluding carboxylic acids is 1. The van der Waals surface area contributed by atoms with Crippen LogP contribution in [0.3, 0.4) is 0 Å². The number of ketones is 1. The van der Waals surface area contributed by atoms with Crippen molar-refractivity contribution in [1.82, 2.24) is 9.71 Å². The first-order valence-electron chi connectivity index (χ1n) is 9.73. The highest BCUT2D eigenvalue weighted by atomic mass is 32.2. The fourth-order valence-corrected chi connectivity index (χ4v) is 4.76. The van der Waals surface area contributed by atoms with Gasteiger partial charge in [0.05, 0.1) is 11.1 Å². The molecule has 0 radical (unpaired) electrons. The molecule has 0 bridgehead atoms. The SMILES string of the molecule is C.NCCNS(=O)(=O)c1ccc([C@@H]2C[C@H]2C(=O)Cc2ccc3cncc(F)c3c2)cc1. The van der Waals surface area contributed by atoms with Crippen molar-refractivity contribution in [2.75, 3.05) is 13.1 Å². The van der Waals surface area contributed by atoms with E-state index < -0.39 is 15.8 Å². The number of rotatable bonds is 8. The monoisotopic (exact) mass is 443 g/mol. The lowest BCUT2D eigenvalue weighted by molar-refractivity contribution is -0.119. The molecule has 3 aromatic rings. The van der Waals surface area contributed by atoms with Crippen molar-refractivity contribution in [1.29, 1.82) is 0 Å². The molecule has 4 rings (SSSR count). The molecule has 1 heterocycles. The fraction of sp³-hybridized carbons (Fsp3) is 0.304. The van der Waals surface area contributed by atoms with Crippen LogP contribution in [0.4, 0.5) is 4.39 Å². The van der Waals surface area contributed by atoms with E-state index in [1.165, 1.54) is 6.20 Å². The maximum atomic E-state index is 13.9. The van der Waals surface area contributed by atoms with Crippen LogP contribution in [0.1, 0.15) is 30.9 Å². The predicted molar refractivity (Wildman–Crippen MR) is 119 cm³/mol. The summed E-state index contributed by atoms with van der Waals surface area (Å²) in [7, 11) is -3.57. The molecule has 0 spiro atoms. The standard InChI is InChI=1S/C22H22FN3O3S.CH4/c23-21-13-25-12-16-2-1-14(9-19(16)21)10-22(27)20-11-18(20)15-3-5-17(6-4-15)30(28,29)26-8-7-24;/h1-6,9,12-13,18,20,26H,7-8,10-11,24H2;1H4/t18-,20+;/m0./s1. The normalized spacial score (nSPS) is 17.9. The Labute approximate surface area is 181 Å². The summed E-state index contributed by atoms with van der Waals surface area (Å²) >= 11 is 0. The quantitative estimate of drug-likeness (QED) is 0.557. The number of nitrogens with zero attached hydrogens (tertiary/aromatic N) is 1. The summed E-state index contributed by atoms with van der Waals surface area (Å²) < 4.78 is 40.6. The number of aromatic nitrogens is 1. The zero-order valence-electron chi connectivity index (χ0n) is 16.2. The molecule has 1 aromatic heterocycles. The molecule has 0 aliphatic heterocycles. The van der Waals surface area contributed by atoms with E-state index in [4.69, 9.17) is 5.73 Å². The number of halogens is 1. The highest BCUT2D eigenvalue weighted by molar-refractivity contribution is 7.89. The van der Waals surface area contributed by atoms with Crippen molar-refractivity contribution < 1.29 is 17.6 Å². The third kappa shape index (κ3) is 4.98. The number of nitrogens with one attached hydrogen (secondary N) is 1. The van der Waals surface area contributed by atoms with Crippen molar-refractivity contribution >= 4 is 26.6 Å². The lowest BCUT2D eigenvalue weighted by atomic mass is 10.0. The molecule has 8 heteroatoms. The third-order valence-electron chi connectivity index (χ3n) is 5.41. The Hall–Kier alpha value is -2.68. The average molecular weight is 444 g/mol. The Kier molecular flexibility index (Phi) is 6.83. The number of pyridine rings is 1. The van der Waals surface area contributed by atoms with E-state index in [1.54, 1.807) is 42.6 Å². The third-order valence-corrected chi connectivity index (χ3v) is 6.89. The number of nitrogens with two attached hydrogens (primary N) is 1. The second kappa shape index (κ2) is 9.21. The smallest absolute Gasteiger partial charge is 0.240 e. The van der Waals surface area contributed by atoms with Crippen LogP contribution in [0.15, 0.2) is 59.8 Å². The van der Waals surface area contributed by atoms with Crippen LogP contribution in [-0.4, -0.2) is 32.3 Å². The lowest BCUT2D eigenvalue weighted by Gasteiger charge is -2.07. The van der Waals surface area contributed by atoms with E-state index in [2.05, 4.69) is 9.71 Å². The van der Waals surface area contributed by atoms with E-state index in [9.17, 15) is 17.6 Å². The van der Waals surface area contributed by atoms with Gasteiger partial charge in [0.15, 0.2) is 0 Å². The zero-order chi connectivity index (χ0) is 21.3. The minimum absolute atomic E-state index is 0. The van der Waals surface area contributed by atoms with Gasteiger partial charge in [0.2, 0.25) is 10.0 Å². The minimum Gasteiger partial charge on any atom is -0.329 e. The zero-order valence-corrected chi connectivity index (χ0v) is 17.0. The molecule has 2 aromatic carbocycles. The van der Waals surface area contributed by atoms with Gasteiger partial charge in [-0.1, -0.05) is 31.7 Å². The van der Waals surface area contributed by atoms with Crippen LogP contribution in [0.2, 0.25) is 0 Å². The van der Waals surface area contributed by atoms with Crippen molar-refractivity contribution in [3.8, 4) is 0 Å². The predicted octanol–water partition coefficient (Wildman–Crippen LogP) is 3.16. The van der Waals surface area contributed by atoms with Gasteiger partial charge < -0.3 is 5.73 Å². The van der Waals surface area contributed by atoms with E-state index >= 15 is 0 Å². The fourth-order valence-electron chi connectivity index (χ4n) is 3.71. The number of benzene rings is 2. The summed E-state index contributed by atoms with van der Waals surface area (Å²) in [6, 6.07) is 11.9. The first-order chi connectivity index (χ1) is 14.4. The van der Waals surface area contributed by atoms with Crippen LogP contribution in [0.5, 0.6) is 0 Å². The highest BCUT2D eigenvalue weighted by Crippen LogP contribution is 2.48. The molecular formula is C23H26FN3O3S. The number of fused-ring (bicyclic) bond motifs is 1. The Balaban J connectivity index is 0.00000272. The molecule has 0 amide bonds. The Bertz CT molecular complexity index is 1200. The summed E-state index contributed by atoms with van der Waals surface area (Å²) in [5, 5.41) is 1.16. The number of hydrogen-bond acceptors (Lipinski definition) is 5. The molecule has 0 unspecified atom stereocenters. The maximum Gasteiger partial charge on any atom is 0.240 e. The van der Waals surface area contributed by atoms with Gasteiger partial charge in [-0.25, -0.2) is 17.5 Å². The number of Topliss-reactive ketones (excluding diaryl/α,β-unsaturated/α-hetero) is 1. The molecule has 6 nitrogen and oxygen atoms in total. The number of carbonyl (C=O) groups is 1. The summed E-state index contributed by atoms with van der Waals surface area (Å²) in [6.07, 6.45) is 3.74. The van der Waals surface area contributed by atoms with E-state index in [0.717, 1.165) is 17.5 Å². The average Bonchev–Trinajstić information content (AvgIpc) is 3.54. The van der Waals surface area contributed by atoms with Gasteiger partial charge in [0, 0.05) is 42.4 Å². The lowest BCUT2D eigenvalue weighted by Crippen LogP contribution is -2.29. The second-order valence-corrected chi connectivity index (χ2v) is 9.29. The molecule has 2 atom stereocenters. The summed E-state index contributed by atoms with van der Waals surface area (Å²) in [4.78, 5) is 16.7. The van der Waals surface area contributed by atoms with E-state index in [0.29, 0.717) is 10.8 Å². The van der Waals surface area contributed by atoms with Gasteiger partial charge >= 0.3 is 0 Å². The molecule has 1 aliphatic rings. The largest absolute Gasteiger partial charge is 0.329 e. The molecular weight excluding hydrogens is 417 g/mol. The van der Waals surface area contributed by atoms with Crippen LogP contribution < -0.4 is 10.5 Å². The van der Waals surface area contributed by atoms with Gasteiger partial charge in [-0.15, -0.1) is 0 Å². The molecule has 31 heavy (non-hydrogen) atoms. The van der Waals surface area contributed by atoms with Gasteiger partial charge in [0.25, 0.3) is 0 Å². The summed E-state index contributed by atoms with van der Waals surface area (Å²) in [5.74, 6) is -0.300. The minimum atomic E-state index is -3.57. The molecule has 1 fully saturated rings. The van der Waals surface area contributed by atoms with Crippen molar-refractivity contribution in [3.05, 3.63) is 71.8 Å². The Morgan fingerprint density at radius 2 is 1.90 bits per heavy atom. The molecule has 3 N–H and O–H groups in total. The Morgan fingerprint density at radius 1 is 1.16 bits per heavy atom. The molecule has 164 valence electrons. The van der Waals surface area contributed by atoms with Crippen LogP contribution in [0, 0.1) is 11.7 Å².